The maximum atomic E-state index is 13.3. The molecule has 0 bridgehead atoms. The molecule has 2 amide bonds. The van der Waals surface area contributed by atoms with Crippen molar-refractivity contribution in [1.29, 1.82) is 0 Å². The van der Waals surface area contributed by atoms with E-state index in [1.807, 2.05) is 0 Å². The average molecular weight is 367 g/mol. The minimum atomic E-state index is -0.344. The minimum Gasteiger partial charge on any atom is -0.355 e. The molecule has 0 aliphatic heterocycles. The Balaban J connectivity index is 1.75. The van der Waals surface area contributed by atoms with E-state index in [2.05, 4.69) is 25.8 Å². The number of hydrogen-bond acceptors (Lipinski definition) is 4. The van der Waals surface area contributed by atoms with Crippen LogP contribution in [0.3, 0.4) is 0 Å². The Morgan fingerprint density at radius 1 is 1.15 bits per heavy atom. The molecule has 0 saturated heterocycles. The Morgan fingerprint density at radius 3 is 2.74 bits per heavy atom. The van der Waals surface area contributed by atoms with Crippen LogP contribution in [0.4, 0.5) is 4.39 Å². The van der Waals surface area contributed by atoms with E-state index in [1.54, 1.807) is 36.4 Å². The van der Waals surface area contributed by atoms with Crippen LogP contribution in [0.2, 0.25) is 0 Å². The van der Waals surface area contributed by atoms with Crippen LogP contribution in [-0.4, -0.2) is 40.1 Å². The van der Waals surface area contributed by atoms with E-state index < -0.39 is 0 Å². The van der Waals surface area contributed by atoms with Gasteiger partial charge in [0.1, 0.15) is 22.7 Å². The van der Waals surface area contributed by atoms with Crippen molar-refractivity contribution in [1.82, 2.24) is 25.8 Å². The molecule has 3 N–H and O–H groups in total. The summed E-state index contributed by atoms with van der Waals surface area (Å²) in [5.74, 6) is -0.819. The fourth-order valence-electron chi connectivity index (χ4n) is 2.45. The standard InChI is InChI=1S/C19H18FN5O2/c1-12(26)21-9-10-22-19(27)17-8-7-16-18(23-17)15(24-25-16)6-5-13-3-2-4-14(20)11-13/h2-8,11H,9-10H2,1H3,(H,21,26)(H,22,27)(H,24,25)/b6-5+. The van der Waals surface area contributed by atoms with Gasteiger partial charge in [-0.25, -0.2) is 9.37 Å². The number of carbonyl (C=O) groups excluding carboxylic acids is 2. The summed E-state index contributed by atoms with van der Waals surface area (Å²) < 4.78 is 13.3. The van der Waals surface area contributed by atoms with Crippen LogP contribution >= 0.6 is 0 Å². The molecule has 0 spiro atoms. The summed E-state index contributed by atoms with van der Waals surface area (Å²) in [4.78, 5) is 27.4. The van der Waals surface area contributed by atoms with Gasteiger partial charge in [0.15, 0.2) is 0 Å². The van der Waals surface area contributed by atoms with Gasteiger partial charge in [-0.05, 0) is 35.9 Å². The molecule has 0 saturated carbocycles. The van der Waals surface area contributed by atoms with Gasteiger partial charge in [-0.2, -0.15) is 5.10 Å². The molecule has 0 atom stereocenters. The Kier molecular flexibility index (Phi) is 5.55. The van der Waals surface area contributed by atoms with Gasteiger partial charge in [-0.3, -0.25) is 14.7 Å². The Bertz CT molecular complexity index is 1010. The number of amides is 2. The number of carbonyl (C=O) groups is 2. The summed E-state index contributed by atoms with van der Waals surface area (Å²) in [6.45, 7) is 2.06. The van der Waals surface area contributed by atoms with Crippen molar-refractivity contribution in [2.24, 2.45) is 0 Å². The first kappa shape index (κ1) is 18.2. The monoisotopic (exact) mass is 367 g/mol. The largest absolute Gasteiger partial charge is 0.355 e. The predicted octanol–water partition coefficient (Wildman–Crippen LogP) is 2.13. The highest BCUT2D eigenvalue weighted by atomic mass is 19.1. The highest BCUT2D eigenvalue weighted by Gasteiger charge is 2.11. The number of benzene rings is 1. The normalized spacial score (nSPS) is 11.0. The summed E-state index contributed by atoms with van der Waals surface area (Å²) >= 11 is 0. The summed E-state index contributed by atoms with van der Waals surface area (Å²) in [6.07, 6.45) is 3.43. The van der Waals surface area contributed by atoms with Gasteiger partial charge in [0.25, 0.3) is 5.91 Å². The van der Waals surface area contributed by atoms with Gasteiger partial charge in [-0.15, -0.1) is 0 Å². The average Bonchev–Trinajstić information content (AvgIpc) is 3.05. The first-order chi connectivity index (χ1) is 13.0. The third-order valence-electron chi connectivity index (χ3n) is 3.73. The minimum absolute atomic E-state index is 0.156. The smallest absolute Gasteiger partial charge is 0.269 e. The number of hydrogen-bond donors (Lipinski definition) is 3. The van der Waals surface area contributed by atoms with Crippen LogP contribution in [0.5, 0.6) is 0 Å². The lowest BCUT2D eigenvalue weighted by molar-refractivity contribution is -0.118. The lowest BCUT2D eigenvalue weighted by Gasteiger charge is -2.05. The van der Waals surface area contributed by atoms with Crippen molar-refractivity contribution in [3.63, 3.8) is 0 Å². The molecule has 27 heavy (non-hydrogen) atoms. The van der Waals surface area contributed by atoms with Crippen molar-refractivity contribution >= 4 is 35.0 Å². The second-order valence-electron chi connectivity index (χ2n) is 5.83. The highest BCUT2D eigenvalue weighted by Crippen LogP contribution is 2.17. The van der Waals surface area contributed by atoms with Crippen molar-refractivity contribution in [2.45, 2.75) is 6.92 Å². The number of nitrogens with zero attached hydrogens (tertiary/aromatic N) is 2. The Morgan fingerprint density at radius 2 is 1.96 bits per heavy atom. The van der Waals surface area contributed by atoms with E-state index >= 15 is 0 Å². The quantitative estimate of drug-likeness (QED) is 0.581. The molecule has 3 rings (SSSR count). The SMILES string of the molecule is CC(=O)NCCNC(=O)c1ccc2[nH]nc(/C=C/c3cccc(F)c3)c2n1. The van der Waals surface area contributed by atoms with Crippen LogP contribution < -0.4 is 10.6 Å². The van der Waals surface area contributed by atoms with Gasteiger partial charge in [-0.1, -0.05) is 18.2 Å². The molecule has 0 unspecified atom stereocenters. The van der Waals surface area contributed by atoms with Crippen molar-refractivity contribution in [3.05, 3.63) is 59.2 Å². The first-order valence-electron chi connectivity index (χ1n) is 8.34. The van der Waals surface area contributed by atoms with Gasteiger partial charge in [0.05, 0.1) is 5.52 Å². The zero-order valence-electron chi connectivity index (χ0n) is 14.6. The van der Waals surface area contributed by atoms with Crippen LogP contribution in [0, 0.1) is 5.82 Å². The molecule has 7 nitrogen and oxygen atoms in total. The maximum absolute atomic E-state index is 13.3. The van der Waals surface area contributed by atoms with Gasteiger partial charge in [0, 0.05) is 20.0 Å². The van der Waals surface area contributed by atoms with Crippen LogP contribution in [-0.2, 0) is 4.79 Å². The molecular weight excluding hydrogens is 349 g/mol. The Hall–Kier alpha value is -3.55. The molecule has 3 aromatic rings. The fourth-order valence-corrected chi connectivity index (χ4v) is 2.45. The van der Waals surface area contributed by atoms with Crippen LogP contribution in [0.15, 0.2) is 36.4 Å². The summed E-state index contributed by atoms with van der Waals surface area (Å²) in [6, 6.07) is 9.49. The number of pyridine rings is 1. The van der Waals surface area contributed by atoms with Gasteiger partial charge < -0.3 is 10.6 Å². The first-order valence-corrected chi connectivity index (χ1v) is 8.34. The molecule has 0 radical (unpaired) electrons. The third kappa shape index (κ3) is 4.75. The van der Waals surface area contributed by atoms with E-state index in [1.165, 1.54) is 19.1 Å². The van der Waals surface area contributed by atoms with E-state index in [4.69, 9.17) is 0 Å². The number of H-pyrrole nitrogens is 1. The second-order valence-corrected chi connectivity index (χ2v) is 5.83. The lowest BCUT2D eigenvalue weighted by Crippen LogP contribution is -2.33. The number of nitrogens with one attached hydrogen (secondary N) is 3. The van der Waals surface area contributed by atoms with Gasteiger partial charge >= 0.3 is 0 Å². The zero-order chi connectivity index (χ0) is 19.2. The lowest BCUT2D eigenvalue weighted by atomic mass is 10.2. The number of fused-ring (bicyclic) bond motifs is 1. The van der Waals surface area contributed by atoms with Crippen molar-refractivity contribution in [2.75, 3.05) is 13.1 Å². The number of halogens is 1. The molecule has 2 heterocycles. The van der Waals surface area contributed by atoms with Crippen molar-refractivity contribution in [3.8, 4) is 0 Å². The predicted molar refractivity (Wildman–Crippen MR) is 100 cm³/mol. The summed E-state index contributed by atoms with van der Waals surface area (Å²) in [5.41, 5.74) is 2.70. The summed E-state index contributed by atoms with van der Waals surface area (Å²) in [7, 11) is 0. The van der Waals surface area contributed by atoms with E-state index in [-0.39, 0.29) is 23.3 Å². The Labute approximate surface area is 154 Å². The molecule has 0 aliphatic rings. The highest BCUT2D eigenvalue weighted by molar-refractivity contribution is 5.95. The van der Waals surface area contributed by atoms with Gasteiger partial charge in [0.2, 0.25) is 5.91 Å². The molecule has 8 heteroatoms. The topological polar surface area (TPSA) is 99.8 Å². The van der Waals surface area contributed by atoms with Crippen LogP contribution in [0.25, 0.3) is 23.2 Å². The molecule has 138 valence electrons. The van der Waals surface area contributed by atoms with E-state index in [0.29, 0.717) is 35.4 Å². The number of aromatic amines is 1. The zero-order valence-corrected chi connectivity index (χ0v) is 14.6. The molecule has 0 fully saturated rings. The molecule has 1 aromatic carbocycles. The number of rotatable bonds is 6. The molecule has 2 aromatic heterocycles. The van der Waals surface area contributed by atoms with Crippen LogP contribution in [0.1, 0.15) is 28.7 Å². The van der Waals surface area contributed by atoms with Crippen molar-refractivity contribution < 1.29 is 14.0 Å². The molecule has 0 aliphatic carbocycles. The summed E-state index contributed by atoms with van der Waals surface area (Å²) in [5, 5.41) is 12.3. The third-order valence-corrected chi connectivity index (χ3v) is 3.73. The maximum Gasteiger partial charge on any atom is 0.269 e. The molecular formula is C19H18FN5O2. The number of aromatic nitrogens is 3. The second kappa shape index (κ2) is 8.22. The van der Waals surface area contributed by atoms with E-state index in [9.17, 15) is 14.0 Å². The fraction of sp³-hybridized carbons (Fsp3) is 0.158. The van der Waals surface area contributed by atoms with E-state index in [0.717, 1.165) is 0 Å².